The molecule has 0 bridgehead atoms. The number of benzene rings is 2. The first kappa shape index (κ1) is 25.0. The minimum absolute atomic E-state index is 0.171. The standard InChI is InChI=1S/C28H29N7O3/c1-19-4-2-3-5-22(19)16-34-18-31-23-14-24(27(37)32-10-12-33(13-11-32)28(30)38)35(17-25(23)34)26(36)21-8-6-20(15-29)7-9-21/h2-9,18,24H,10-14,16-17H2,1H3,(H2,30,38). The second-order valence-electron chi connectivity index (χ2n) is 9.69. The van der Waals surface area contributed by atoms with Gasteiger partial charge in [-0.15, -0.1) is 0 Å². The monoisotopic (exact) mass is 511 g/mol. The molecule has 2 aliphatic heterocycles. The number of piperazine rings is 1. The van der Waals surface area contributed by atoms with Crippen LogP contribution < -0.4 is 5.73 Å². The fourth-order valence-corrected chi connectivity index (χ4v) is 5.12. The highest BCUT2D eigenvalue weighted by molar-refractivity contribution is 5.98. The Morgan fingerprint density at radius 2 is 1.71 bits per heavy atom. The summed E-state index contributed by atoms with van der Waals surface area (Å²) < 4.78 is 2.04. The molecule has 38 heavy (non-hydrogen) atoms. The van der Waals surface area contributed by atoms with Crippen LogP contribution in [0.15, 0.2) is 54.9 Å². The highest BCUT2D eigenvalue weighted by atomic mass is 16.2. The van der Waals surface area contributed by atoms with Gasteiger partial charge in [0, 0.05) is 44.7 Å². The van der Waals surface area contributed by atoms with Gasteiger partial charge >= 0.3 is 6.03 Å². The van der Waals surface area contributed by atoms with Gasteiger partial charge in [-0.25, -0.2) is 9.78 Å². The quantitative estimate of drug-likeness (QED) is 0.572. The fraction of sp³-hybridized carbons (Fsp3) is 0.321. The predicted octanol–water partition coefficient (Wildman–Crippen LogP) is 1.90. The molecule has 0 aliphatic carbocycles. The predicted molar refractivity (Wildman–Crippen MR) is 139 cm³/mol. The Morgan fingerprint density at radius 3 is 2.37 bits per heavy atom. The zero-order valence-corrected chi connectivity index (χ0v) is 21.2. The minimum atomic E-state index is -0.729. The largest absolute Gasteiger partial charge is 0.351 e. The summed E-state index contributed by atoms with van der Waals surface area (Å²) in [5.41, 5.74) is 10.3. The Balaban J connectivity index is 1.45. The summed E-state index contributed by atoms with van der Waals surface area (Å²) in [6.07, 6.45) is 2.08. The van der Waals surface area contributed by atoms with E-state index in [1.54, 1.807) is 40.4 Å². The van der Waals surface area contributed by atoms with Crippen LogP contribution in [0.25, 0.3) is 0 Å². The van der Waals surface area contributed by atoms with Crippen LogP contribution in [-0.4, -0.2) is 74.3 Å². The van der Waals surface area contributed by atoms with E-state index in [1.165, 1.54) is 10.5 Å². The number of nitrogens with zero attached hydrogens (tertiary/aromatic N) is 6. The molecule has 4 amide bonds. The van der Waals surface area contributed by atoms with E-state index >= 15 is 0 Å². The maximum atomic E-state index is 13.8. The van der Waals surface area contributed by atoms with Crippen LogP contribution in [0.1, 0.15) is 38.4 Å². The van der Waals surface area contributed by atoms with E-state index in [0.29, 0.717) is 50.3 Å². The number of hydrogen-bond donors (Lipinski definition) is 1. The van der Waals surface area contributed by atoms with Crippen molar-refractivity contribution in [2.45, 2.75) is 32.5 Å². The van der Waals surface area contributed by atoms with Gasteiger partial charge in [0.25, 0.3) is 5.91 Å². The van der Waals surface area contributed by atoms with Crippen molar-refractivity contribution in [1.29, 1.82) is 5.26 Å². The number of hydrogen-bond acceptors (Lipinski definition) is 5. The lowest BCUT2D eigenvalue weighted by Gasteiger charge is -2.40. The molecule has 2 N–H and O–H groups in total. The third-order valence-electron chi connectivity index (χ3n) is 7.43. The molecule has 1 unspecified atom stereocenters. The number of fused-ring (bicyclic) bond motifs is 1. The van der Waals surface area contributed by atoms with Gasteiger partial charge < -0.3 is 25.0 Å². The molecule has 1 aromatic heterocycles. The lowest BCUT2D eigenvalue weighted by molar-refractivity contribution is -0.138. The Hall–Kier alpha value is -4.65. The van der Waals surface area contributed by atoms with Crippen LogP contribution in [-0.2, 0) is 24.3 Å². The fourth-order valence-electron chi connectivity index (χ4n) is 5.12. The molecular formula is C28H29N7O3. The van der Waals surface area contributed by atoms with E-state index in [1.807, 2.05) is 16.7 Å². The normalized spacial score (nSPS) is 17.1. The van der Waals surface area contributed by atoms with Crippen LogP contribution in [0.3, 0.4) is 0 Å². The summed E-state index contributed by atoms with van der Waals surface area (Å²) in [5.74, 6) is -0.451. The number of nitriles is 1. The highest BCUT2D eigenvalue weighted by Gasteiger charge is 2.40. The number of primary amides is 1. The zero-order valence-electron chi connectivity index (χ0n) is 21.2. The van der Waals surface area contributed by atoms with Crippen molar-refractivity contribution in [2.24, 2.45) is 5.73 Å². The van der Waals surface area contributed by atoms with Crippen molar-refractivity contribution in [3.63, 3.8) is 0 Å². The number of amides is 4. The number of aryl methyl sites for hydroxylation is 1. The third kappa shape index (κ3) is 4.83. The summed E-state index contributed by atoms with van der Waals surface area (Å²) in [4.78, 5) is 48.5. The number of carbonyl (C=O) groups excluding carboxylic acids is 3. The Kier molecular flexibility index (Phi) is 6.83. The molecule has 1 atom stereocenters. The lowest BCUT2D eigenvalue weighted by Crippen LogP contribution is -2.58. The van der Waals surface area contributed by atoms with E-state index < -0.39 is 12.1 Å². The Labute approximate surface area is 220 Å². The summed E-state index contributed by atoms with van der Waals surface area (Å²) in [6.45, 7) is 4.32. The lowest BCUT2D eigenvalue weighted by atomic mass is 9.98. The van der Waals surface area contributed by atoms with Crippen LogP contribution in [0.5, 0.6) is 0 Å². The molecule has 0 saturated carbocycles. The molecule has 10 nitrogen and oxygen atoms in total. The van der Waals surface area contributed by atoms with E-state index in [-0.39, 0.29) is 18.4 Å². The zero-order chi connectivity index (χ0) is 26.8. The van der Waals surface area contributed by atoms with Gasteiger partial charge in [-0.3, -0.25) is 9.59 Å². The SMILES string of the molecule is Cc1ccccc1Cn1cnc2c1CN(C(=O)c1ccc(C#N)cc1)C(C(=O)N1CCN(C(N)=O)CC1)C2. The van der Waals surface area contributed by atoms with Crippen molar-refractivity contribution in [3.8, 4) is 6.07 Å². The van der Waals surface area contributed by atoms with Gasteiger partial charge in [-0.05, 0) is 42.3 Å². The molecule has 3 heterocycles. The van der Waals surface area contributed by atoms with Crippen molar-refractivity contribution in [3.05, 3.63) is 88.5 Å². The molecule has 1 saturated heterocycles. The summed E-state index contributed by atoms with van der Waals surface area (Å²) in [6, 6.07) is 15.4. The molecule has 194 valence electrons. The van der Waals surface area contributed by atoms with E-state index in [9.17, 15) is 14.4 Å². The van der Waals surface area contributed by atoms with Crippen molar-refractivity contribution < 1.29 is 14.4 Å². The molecule has 3 aromatic rings. The molecular weight excluding hydrogens is 482 g/mol. The summed E-state index contributed by atoms with van der Waals surface area (Å²) in [7, 11) is 0. The van der Waals surface area contributed by atoms with E-state index in [4.69, 9.17) is 11.0 Å². The van der Waals surface area contributed by atoms with E-state index in [0.717, 1.165) is 17.0 Å². The first-order valence-electron chi connectivity index (χ1n) is 12.6. The highest BCUT2D eigenvalue weighted by Crippen LogP contribution is 2.27. The van der Waals surface area contributed by atoms with Gasteiger partial charge in [0.05, 0.1) is 35.9 Å². The average molecular weight is 512 g/mol. The number of nitrogens with two attached hydrogens (primary N) is 1. The number of imidazole rings is 1. The number of urea groups is 1. The number of carbonyl (C=O) groups is 3. The summed E-state index contributed by atoms with van der Waals surface area (Å²) in [5, 5.41) is 9.15. The minimum Gasteiger partial charge on any atom is -0.351 e. The number of rotatable bonds is 4. The topological polar surface area (TPSA) is 129 Å². The first-order chi connectivity index (χ1) is 18.4. The second kappa shape index (κ2) is 10.4. The van der Waals surface area contributed by atoms with Crippen molar-refractivity contribution in [1.82, 2.24) is 24.3 Å². The first-order valence-corrected chi connectivity index (χ1v) is 12.6. The average Bonchev–Trinajstić information content (AvgIpc) is 3.34. The Bertz CT molecular complexity index is 1410. The van der Waals surface area contributed by atoms with Gasteiger partial charge in [0.2, 0.25) is 5.91 Å². The second-order valence-corrected chi connectivity index (χ2v) is 9.69. The van der Waals surface area contributed by atoms with Crippen LogP contribution in [0.4, 0.5) is 4.79 Å². The molecule has 5 rings (SSSR count). The molecule has 1 fully saturated rings. The van der Waals surface area contributed by atoms with Crippen LogP contribution in [0.2, 0.25) is 0 Å². The smallest absolute Gasteiger partial charge is 0.314 e. The van der Waals surface area contributed by atoms with E-state index in [2.05, 4.69) is 30.1 Å². The van der Waals surface area contributed by atoms with Crippen molar-refractivity contribution in [2.75, 3.05) is 26.2 Å². The molecule has 0 radical (unpaired) electrons. The van der Waals surface area contributed by atoms with Gasteiger partial charge in [0.15, 0.2) is 0 Å². The molecule has 2 aliphatic rings. The summed E-state index contributed by atoms with van der Waals surface area (Å²) >= 11 is 0. The van der Waals surface area contributed by atoms with Crippen LogP contribution >= 0.6 is 0 Å². The Morgan fingerprint density at radius 1 is 1.03 bits per heavy atom. The van der Waals surface area contributed by atoms with Gasteiger partial charge in [-0.2, -0.15) is 5.26 Å². The van der Waals surface area contributed by atoms with Gasteiger partial charge in [-0.1, -0.05) is 24.3 Å². The van der Waals surface area contributed by atoms with Crippen LogP contribution in [0, 0.1) is 18.3 Å². The van der Waals surface area contributed by atoms with Gasteiger partial charge in [0.1, 0.15) is 6.04 Å². The molecule has 10 heteroatoms. The number of aromatic nitrogens is 2. The maximum Gasteiger partial charge on any atom is 0.314 e. The molecule has 2 aromatic carbocycles. The maximum absolute atomic E-state index is 13.8. The molecule has 0 spiro atoms. The van der Waals surface area contributed by atoms with Crippen molar-refractivity contribution >= 4 is 17.8 Å². The third-order valence-corrected chi connectivity index (χ3v) is 7.43.